The number of likely N-dealkylation sites (tertiary alicyclic amines) is 1. The Labute approximate surface area is 107 Å². The average Bonchev–Trinajstić information content (AvgIpc) is 2.36. The molecule has 1 saturated heterocycles. The lowest BCUT2D eigenvalue weighted by atomic mass is 9.96. The second-order valence-electron chi connectivity index (χ2n) is 5.20. The molecule has 1 aliphatic rings. The van der Waals surface area contributed by atoms with Crippen LogP contribution in [0.2, 0.25) is 0 Å². The van der Waals surface area contributed by atoms with Crippen molar-refractivity contribution in [1.29, 1.82) is 0 Å². The van der Waals surface area contributed by atoms with Gasteiger partial charge in [-0.3, -0.25) is 4.90 Å². The minimum absolute atomic E-state index is 0.186. The lowest BCUT2D eigenvalue weighted by Gasteiger charge is -2.34. The average molecular weight is 252 g/mol. The number of hydrogen-bond donors (Lipinski definition) is 2. The number of benzene rings is 1. The van der Waals surface area contributed by atoms with E-state index in [1.54, 1.807) is 0 Å². The number of nitrogens with two attached hydrogens (primary N) is 1. The molecule has 1 fully saturated rings. The zero-order valence-corrected chi connectivity index (χ0v) is 10.8. The lowest BCUT2D eigenvalue weighted by Crippen LogP contribution is -2.41. The molecule has 0 radical (unpaired) electrons. The van der Waals surface area contributed by atoms with Gasteiger partial charge in [-0.15, -0.1) is 0 Å². The molecule has 2 unspecified atom stereocenters. The van der Waals surface area contributed by atoms with Crippen molar-refractivity contribution in [2.45, 2.75) is 32.5 Å². The third-order valence-corrected chi connectivity index (χ3v) is 3.68. The number of rotatable bonds is 3. The van der Waals surface area contributed by atoms with Gasteiger partial charge < -0.3 is 10.8 Å². The fourth-order valence-corrected chi connectivity index (χ4v) is 2.50. The van der Waals surface area contributed by atoms with Crippen molar-refractivity contribution >= 4 is 0 Å². The Balaban J connectivity index is 2.01. The highest BCUT2D eigenvalue weighted by Crippen LogP contribution is 2.19. The van der Waals surface area contributed by atoms with Crippen LogP contribution >= 0.6 is 0 Å². The molecule has 1 aliphatic heterocycles. The Morgan fingerprint density at radius 1 is 1.50 bits per heavy atom. The third kappa shape index (κ3) is 3.07. The van der Waals surface area contributed by atoms with Crippen molar-refractivity contribution in [1.82, 2.24) is 4.90 Å². The molecule has 0 amide bonds. The molecule has 1 aromatic rings. The van der Waals surface area contributed by atoms with E-state index < -0.39 is 0 Å². The SMILES string of the molecule is CC1CN(Cc2ccc(F)c(CN)c2)CCC1O. The standard InChI is InChI=1S/C14H21FN2O/c1-10-8-17(5-4-14(10)18)9-11-2-3-13(15)12(6-11)7-16/h2-3,6,10,14,18H,4-5,7-9,16H2,1H3. The molecule has 1 aromatic carbocycles. The summed E-state index contributed by atoms with van der Waals surface area (Å²) in [4.78, 5) is 2.30. The number of nitrogens with zero attached hydrogens (tertiary/aromatic N) is 1. The predicted octanol–water partition coefficient (Wildman–Crippen LogP) is 1.49. The Kier molecular flexibility index (Phi) is 4.32. The quantitative estimate of drug-likeness (QED) is 0.857. The van der Waals surface area contributed by atoms with Crippen LogP contribution in [-0.2, 0) is 13.1 Å². The van der Waals surface area contributed by atoms with Gasteiger partial charge in [0.1, 0.15) is 5.82 Å². The molecule has 3 nitrogen and oxygen atoms in total. The van der Waals surface area contributed by atoms with Crippen LogP contribution in [0.3, 0.4) is 0 Å². The normalized spacial score (nSPS) is 25.3. The fourth-order valence-electron chi connectivity index (χ4n) is 2.50. The van der Waals surface area contributed by atoms with Gasteiger partial charge in [0, 0.05) is 31.7 Å². The highest BCUT2D eigenvalue weighted by molar-refractivity contribution is 5.25. The second kappa shape index (κ2) is 5.78. The van der Waals surface area contributed by atoms with Gasteiger partial charge in [-0.2, -0.15) is 0 Å². The van der Waals surface area contributed by atoms with Gasteiger partial charge in [0.15, 0.2) is 0 Å². The number of aliphatic hydroxyl groups excluding tert-OH is 1. The summed E-state index contributed by atoms with van der Waals surface area (Å²) in [5, 5.41) is 9.69. The molecule has 0 aromatic heterocycles. The molecular weight excluding hydrogens is 231 g/mol. The lowest BCUT2D eigenvalue weighted by molar-refractivity contribution is 0.0320. The Morgan fingerprint density at radius 3 is 2.94 bits per heavy atom. The van der Waals surface area contributed by atoms with Gasteiger partial charge in [0.25, 0.3) is 0 Å². The molecule has 0 bridgehead atoms. The van der Waals surface area contributed by atoms with Gasteiger partial charge in [0.05, 0.1) is 6.10 Å². The number of piperidine rings is 1. The monoisotopic (exact) mass is 252 g/mol. The number of halogens is 1. The topological polar surface area (TPSA) is 49.5 Å². The van der Waals surface area contributed by atoms with E-state index in [4.69, 9.17) is 5.73 Å². The van der Waals surface area contributed by atoms with Crippen molar-refractivity contribution in [3.8, 4) is 0 Å². The van der Waals surface area contributed by atoms with E-state index in [-0.39, 0.29) is 18.5 Å². The molecule has 18 heavy (non-hydrogen) atoms. The van der Waals surface area contributed by atoms with Gasteiger partial charge in [-0.05, 0) is 24.0 Å². The maximum atomic E-state index is 13.3. The molecule has 0 spiro atoms. The van der Waals surface area contributed by atoms with Crippen molar-refractivity contribution in [3.05, 3.63) is 35.1 Å². The van der Waals surface area contributed by atoms with Crippen molar-refractivity contribution in [2.24, 2.45) is 11.7 Å². The van der Waals surface area contributed by atoms with Gasteiger partial charge in [-0.25, -0.2) is 4.39 Å². The van der Waals surface area contributed by atoms with Crippen molar-refractivity contribution in [3.63, 3.8) is 0 Å². The summed E-state index contributed by atoms with van der Waals surface area (Å²) in [6.45, 7) is 4.86. The van der Waals surface area contributed by atoms with Gasteiger partial charge in [-0.1, -0.05) is 19.1 Å². The first-order chi connectivity index (χ1) is 8.60. The van der Waals surface area contributed by atoms with Crippen LogP contribution in [-0.4, -0.2) is 29.2 Å². The summed E-state index contributed by atoms with van der Waals surface area (Å²) >= 11 is 0. The Bertz CT molecular complexity index is 411. The van der Waals surface area contributed by atoms with Crippen LogP contribution in [0.5, 0.6) is 0 Å². The minimum Gasteiger partial charge on any atom is -0.393 e. The van der Waals surface area contributed by atoms with Crippen LogP contribution in [0, 0.1) is 11.7 Å². The fraction of sp³-hybridized carbons (Fsp3) is 0.571. The van der Waals surface area contributed by atoms with Crippen molar-refractivity contribution < 1.29 is 9.50 Å². The van der Waals surface area contributed by atoms with Crippen molar-refractivity contribution in [2.75, 3.05) is 13.1 Å². The molecular formula is C14H21FN2O. The maximum absolute atomic E-state index is 13.3. The second-order valence-corrected chi connectivity index (χ2v) is 5.20. The van der Waals surface area contributed by atoms with E-state index in [9.17, 15) is 9.50 Å². The van der Waals surface area contributed by atoms with Crippen LogP contribution in [0.1, 0.15) is 24.5 Å². The zero-order valence-electron chi connectivity index (χ0n) is 10.8. The minimum atomic E-state index is -0.233. The van der Waals surface area contributed by atoms with Crippen LogP contribution in [0.25, 0.3) is 0 Å². The highest BCUT2D eigenvalue weighted by atomic mass is 19.1. The summed E-state index contributed by atoms with van der Waals surface area (Å²) in [6.07, 6.45) is 0.626. The zero-order chi connectivity index (χ0) is 13.1. The Hall–Kier alpha value is -0.970. The molecule has 0 aliphatic carbocycles. The van der Waals surface area contributed by atoms with Crippen LogP contribution in [0.15, 0.2) is 18.2 Å². The largest absolute Gasteiger partial charge is 0.393 e. The predicted molar refractivity (Wildman–Crippen MR) is 69.4 cm³/mol. The first-order valence-electron chi connectivity index (χ1n) is 6.48. The molecule has 1 heterocycles. The van der Waals surface area contributed by atoms with E-state index in [1.165, 1.54) is 6.07 Å². The first kappa shape index (κ1) is 13.5. The molecule has 2 rings (SSSR count). The van der Waals surface area contributed by atoms with Crippen LogP contribution in [0.4, 0.5) is 4.39 Å². The molecule has 0 saturated carbocycles. The van der Waals surface area contributed by atoms with E-state index in [0.29, 0.717) is 11.5 Å². The van der Waals surface area contributed by atoms with Crippen LogP contribution < -0.4 is 5.73 Å². The third-order valence-electron chi connectivity index (χ3n) is 3.68. The summed E-state index contributed by atoms with van der Waals surface area (Å²) in [7, 11) is 0. The number of aliphatic hydroxyl groups is 1. The molecule has 2 atom stereocenters. The van der Waals surface area contributed by atoms with E-state index >= 15 is 0 Å². The smallest absolute Gasteiger partial charge is 0.127 e. The number of hydrogen-bond acceptors (Lipinski definition) is 3. The Morgan fingerprint density at radius 2 is 2.28 bits per heavy atom. The summed E-state index contributed by atoms with van der Waals surface area (Å²) in [5.41, 5.74) is 7.16. The summed E-state index contributed by atoms with van der Waals surface area (Å²) in [5.74, 6) is 0.0665. The van der Waals surface area contributed by atoms with E-state index in [2.05, 4.69) is 11.8 Å². The molecule has 100 valence electrons. The summed E-state index contributed by atoms with van der Waals surface area (Å²) in [6, 6.07) is 5.13. The van der Waals surface area contributed by atoms with E-state index in [1.807, 2.05) is 12.1 Å². The maximum Gasteiger partial charge on any atom is 0.127 e. The molecule has 4 heteroatoms. The highest BCUT2D eigenvalue weighted by Gasteiger charge is 2.24. The molecule has 3 N–H and O–H groups in total. The summed E-state index contributed by atoms with van der Waals surface area (Å²) < 4.78 is 13.3. The van der Waals surface area contributed by atoms with E-state index in [0.717, 1.165) is 31.6 Å². The van der Waals surface area contributed by atoms with Gasteiger partial charge in [0.2, 0.25) is 0 Å². The van der Waals surface area contributed by atoms with Gasteiger partial charge >= 0.3 is 0 Å². The first-order valence-corrected chi connectivity index (χ1v) is 6.48.